The van der Waals surface area contributed by atoms with Crippen molar-refractivity contribution in [1.29, 1.82) is 0 Å². The molecule has 102 valence electrons. The summed E-state index contributed by atoms with van der Waals surface area (Å²) in [6.45, 7) is 0.368. The molecule has 0 amide bonds. The molecule has 0 fully saturated rings. The normalized spacial score (nSPS) is 16.6. The number of carbonyl (C=O) groups excluding carboxylic acids is 1. The number of carbonyl (C=O) groups is 1. The minimum Gasteiger partial charge on any atom is -0.508 e. The molecule has 1 atom stereocenters. The fourth-order valence-corrected chi connectivity index (χ4v) is 2.65. The lowest BCUT2D eigenvalue weighted by molar-refractivity contribution is 0.0962. The van der Waals surface area contributed by atoms with Crippen LogP contribution in [-0.2, 0) is 0 Å². The Morgan fingerprint density at radius 1 is 1.45 bits per heavy atom. The van der Waals surface area contributed by atoms with E-state index in [0.717, 1.165) is 22.2 Å². The number of aromatic nitrogens is 1. The zero-order chi connectivity index (χ0) is 14.3. The van der Waals surface area contributed by atoms with Crippen LogP contribution >= 0.6 is 15.9 Å². The summed E-state index contributed by atoms with van der Waals surface area (Å²) >= 11 is 3.31. The third-order valence-electron chi connectivity index (χ3n) is 3.26. The molecule has 0 saturated heterocycles. The van der Waals surface area contributed by atoms with Gasteiger partial charge in [-0.2, -0.15) is 0 Å². The molecule has 0 radical (unpaired) electrons. The Hall–Kier alpha value is -1.95. The van der Waals surface area contributed by atoms with E-state index in [1.165, 1.54) is 6.07 Å². The van der Waals surface area contributed by atoms with Crippen LogP contribution in [0.5, 0.6) is 5.75 Å². The minimum absolute atomic E-state index is 0.107. The second-order valence-corrected chi connectivity index (χ2v) is 5.47. The van der Waals surface area contributed by atoms with Crippen molar-refractivity contribution in [2.24, 2.45) is 0 Å². The molecule has 1 unspecified atom stereocenters. The number of fused-ring (bicyclic) bond motifs is 1. The van der Waals surface area contributed by atoms with E-state index in [9.17, 15) is 14.3 Å². The average Bonchev–Trinajstić information content (AvgIpc) is 2.83. The summed E-state index contributed by atoms with van der Waals surface area (Å²) in [4.78, 5) is 16.6. The topological polar surface area (TPSA) is 62.2 Å². The second-order valence-electron chi connectivity index (χ2n) is 4.55. The number of benzene rings is 1. The molecule has 6 heteroatoms. The van der Waals surface area contributed by atoms with Gasteiger partial charge >= 0.3 is 0 Å². The first-order valence-corrected chi connectivity index (χ1v) is 6.77. The lowest BCUT2D eigenvalue weighted by Crippen LogP contribution is -2.16. The summed E-state index contributed by atoms with van der Waals surface area (Å²) in [5.74, 6) is -1.01. The maximum Gasteiger partial charge on any atom is 0.175 e. The molecular formula is C14H10BrFN2O2. The summed E-state index contributed by atoms with van der Waals surface area (Å²) in [6, 6.07) is 5.25. The molecule has 1 aliphatic heterocycles. The predicted octanol–water partition coefficient (Wildman–Crippen LogP) is 3.08. The van der Waals surface area contributed by atoms with Crippen molar-refractivity contribution in [3.05, 3.63) is 51.9 Å². The van der Waals surface area contributed by atoms with Crippen LogP contribution in [-0.4, -0.2) is 22.4 Å². The number of halogens is 2. The first-order chi connectivity index (χ1) is 9.56. The maximum absolute atomic E-state index is 13.8. The Balaban J connectivity index is 2.01. The molecule has 0 bridgehead atoms. The number of Topliss-reactive ketones (excluding diaryl/α,β-unsaturated/α-hetero) is 1. The van der Waals surface area contributed by atoms with Gasteiger partial charge in [0.1, 0.15) is 17.4 Å². The fourth-order valence-electron chi connectivity index (χ4n) is 2.30. The molecule has 20 heavy (non-hydrogen) atoms. The van der Waals surface area contributed by atoms with Crippen LogP contribution in [0.4, 0.5) is 10.2 Å². The van der Waals surface area contributed by atoms with Gasteiger partial charge in [-0.25, -0.2) is 9.37 Å². The van der Waals surface area contributed by atoms with Gasteiger partial charge in [-0.15, -0.1) is 0 Å². The van der Waals surface area contributed by atoms with Gasteiger partial charge in [0.15, 0.2) is 5.78 Å². The van der Waals surface area contributed by atoms with Crippen molar-refractivity contribution < 1.29 is 14.3 Å². The predicted molar refractivity (Wildman–Crippen MR) is 75.6 cm³/mol. The van der Waals surface area contributed by atoms with Crippen LogP contribution in [0, 0.1) is 5.82 Å². The molecule has 0 aliphatic carbocycles. The van der Waals surface area contributed by atoms with E-state index < -0.39 is 11.7 Å². The van der Waals surface area contributed by atoms with Gasteiger partial charge in [-0.3, -0.25) is 4.79 Å². The second kappa shape index (κ2) is 4.86. The lowest BCUT2D eigenvalue weighted by Gasteiger charge is -2.10. The number of pyridine rings is 1. The molecule has 3 rings (SSSR count). The first kappa shape index (κ1) is 13.1. The quantitative estimate of drug-likeness (QED) is 0.827. The minimum atomic E-state index is -0.635. The van der Waals surface area contributed by atoms with Gasteiger partial charge in [0.05, 0.1) is 11.5 Å². The molecule has 2 aromatic rings. The van der Waals surface area contributed by atoms with E-state index in [4.69, 9.17) is 0 Å². The molecule has 2 N–H and O–H groups in total. The van der Waals surface area contributed by atoms with Crippen molar-refractivity contribution in [2.45, 2.75) is 5.92 Å². The molecular weight excluding hydrogens is 327 g/mol. The van der Waals surface area contributed by atoms with E-state index in [0.29, 0.717) is 12.4 Å². The highest BCUT2D eigenvalue weighted by Crippen LogP contribution is 2.34. The highest BCUT2D eigenvalue weighted by molar-refractivity contribution is 9.10. The van der Waals surface area contributed by atoms with Gasteiger partial charge in [0.2, 0.25) is 0 Å². The van der Waals surface area contributed by atoms with E-state index >= 15 is 0 Å². The highest BCUT2D eigenvalue weighted by Gasteiger charge is 2.31. The Morgan fingerprint density at radius 3 is 3.05 bits per heavy atom. The van der Waals surface area contributed by atoms with Crippen molar-refractivity contribution >= 4 is 27.5 Å². The van der Waals surface area contributed by atoms with Crippen LogP contribution in [0.15, 0.2) is 34.9 Å². The highest BCUT2D eigenvalue weighted by atomic mass is 79.9. The number of nitrogens with one attached hydrogen (secondary N) is 1. The van der Waals surface area contributed by atoms with Crippen LogP contribution in [0.25, 0.3) is 0 Å². The largest absolute Gasteiger partial charge is 0.508 e. The van der Waals surface area contributed by atoms with Crippen molar-refractivity contribution in [3.8, 4) is 5.75 Å². The third kappa shape index (κ3) is 2.16. The smallest absolute Gasteiger partial charge is 0.175 e. The van der Waals surface area contributed by atoms with Gasteiger partial charge in [0, 0.05) is 22.8 Å². The number of phenols is 1. The van der Waals surface area contributed by atoms with E-state index in [2.05, 4.69) is 26.2 Å². The Kier molecular flexibility index (Phi) is 3.17. The average molecular weight is 337 g/mol. The van der Waals surface area contributed by atoms with Crippen molar-refractivity contribution in [2.75, 3.05) is 11.9 Å². The van der Waals surface area contributed by atoms with Gasteiger partial charge in [0.25, 0.3) is 0 Å². The van der Waals surface area contributed by atoms with Gasteiger partial charge in [-0.1, -0.05) is 0 Å². The first-order valence-electron chi connectivity index (χ1n) is 5.98. The summed E-state index contributed by atoms with van der Waals surface area (Å²) in [7, 11) is 0. The molecule has 1 aromatic carbocycles. The zero-order valence-electron chi connectivity index (χ0n) is 10.2. The van der Waals surface area contributed by atoms with Gasteiger partial charge in [-0.05, 0) is 40.2 Å². The van der Waals surface area contributed by atoms with Crippen LogP contribution in [0.3, 0.4) is 0 Å². The standard InChI is InChI=1S/C14H10BrFN2O2/c15-7-3-9-11(6-18-14(9)17-5-7)13(20)10-4-8(19)1-2-12(10)16/h1-5,11,19H,6H2,(H,17,18). The van der Waals surface area contributed by atoms with Crippen molar-refractivity contribution in [3.63, 3.8) is 0 Å². The number of phenolic OH excluding ortho intramolecular Hbond substituents is 1. The number of hydrogen-bond acceptors (Lipinski definition) is 4. The molecule has 1 aliphatic rings. The summed E-state index contributed by atoms with van der Waals surface area (Å²) < 4.78 is 14.5. The van der Waals surface area contributed by atoms with E-state index in [-0.39, 0.29) is 17.1 Å². The molecule has 4 nitrogen and oxygen atoms in total. The Bertz CT molecular complexity index is 706. The molecule has 0 spiro atoms. The Labute approximate surface area is 122 Å². The zero-order valence-corrected chi connectivity index (χ0v) is 11.8. The fraction of sp³-hybridized carbons (Fsp3) is 0.143. The lowest BCUT2D eigenvalue weighted by atomic mass is 9.93. The number of aromatic hydroxyl groups is 1. The maximum atomic E-state index is 13.8. The SMILES string of the molecule is O=C(c1cc(O)ccc1F)C1CNc2ncc(Br)cc21. The summed E-state index contributed by atoms with van der Waals surface area (Å²) in [6.07, 6.45) is 1.63. The van der Waals surface area contributed by atoms with Crippen LogP contribution in [0.2, 0.25) is 0 Å². The number of hydrogen-bond donors (Lipinski definition) is 2. The summed E-state index contributed by atoms with van der Waals surface area (Å²) in [5, 5.41) is 12.4. The van der Waals surface area contributed by atoms with Gasteiger partial charge < -0.3 is 10.4 Å². The number of ketones is 1. The van der Waals surface area contributed by atoms with Crippen LogP contribution in [0.1, 0.15) is 21.8 Å². The number of anilines is 1. The monoisotopic (exact) mass is 336 g/mol. The summed E-state index contributed by atoms with van der Waals surface area (Å²) in [5.41, 5.74) is 0.622. The molecule has 0 saturated carbocycles. The molecule has 2 heterocycles. The third-order valence-corrected chi connectivity index (χ3v) is 3.70. The van der Waals surface area contributed by atoms with E-state index in [1.807, 2.05) is 0 Å². The van der Waals surface area contributed by atoms with Crippen LogP contribution < -0.4 is 5.32 Å². The van der Waals surface area contributed by atoms with E-state index in [1.54, 1.807) is 12.3 Å². The Morgan fingerprint density at radius 2 is 2.25 bits per heavy atom. The number of nitrogens with zero attached hydrogens (tertiary/aromatic N) is 1. The van der Waals surface area contributed by atoms with Crippen molar-refractivity contribution in [1.82, 2.24) is 4.98 Å². The molecule has 1 aromatic heterocycles. The number of rotatable bonds is 2.